The fourth-order valence-corrected chi connectivity index (χ4v) is 6.10. The predicted octanol–water partition coefficient (Wildman–Crippen LogP) is 1.54. The Morgan fingerprint density at radius 1 is 1.14 bits per heavy atom. The first-order valence-corrected chi connectivity index (χ1v) is 13.6. The first-order valence-electron chi connectivity index (χ1n) is 13.6. The molecule has 5 unspecified atom stereocenters. The van der Waals surface area contributed by atoms with Gasteiger partial charge in [0.25, 0.3) is 0 Å². The number of ketones is 2. The smallest absolute Gasteiger partial charge is 0.471 e. The van der Waals surface area contributed by atoms with E-state index in [1.54, 1.807) is 5.32 Å². The number of hydrogen-bond acceptors (Lipinski definition) is 11. The Labute approximate surface area is 248 Å². The van der Waals surface area contributed by atoms with Gasteiger partial charge in [0.05, 0.1) is 53.8 Å². The number of aliphatic hydroxyl groups is 3. The van der Waals surface area contributed by atoms with Gasteiger partial charge in [0, 0.05) is 36.0 Å². The van der Waals surface area contributed by atoms with Gasteiger partial charge in [-0.1, -0.05) is 12.1 Å². The molecular weight excluding hydrogens is 595 g/mol. The highest BCUT2D eigenvalue weighted by atomic mass is 19.4. The SMILES string of the molecule is COc1cccc2c1C(=O)c1c(O)c3c(c(O)c1C2=O)C[C@@](O)(C(C)O)C[C@@H]3OC1CC(NC(=O)C(F)(F)F)C(O)C(C)O1. The number of halogens is 3. The number of fused-ring (bicyclic) bond motifs is 3. The summed E-state index contributed by atoms with van der Waals surface area (Å²) in [4.78, 5) is 38.9. The first-order chi connectivity index (χ1) is 20.5. The van der Waals surface area contributed by atoms with Gasteiger partial charge in [0.2, 0.25) is 5.78 Å². The molecule has 1 aliphatic heterocycles. The summed E-state index contributed by atoms with van der Waals surface area (Å²) in [6.45, 7) is 2.58. The molecular formula is C29H30F3NO11. The molecule has 3 aliphatic rings. The largest absolute Gasteiger partial charge is 0.507 e. The summed E-state index contributed by atoms with van der Waals surface area (Å²) in [5.41, 5.74) is -3.77. The van der Waals surface area contributed by atoms with Crippen molar-refractivity contribution in [1.29, 1.82) is 0 Å². The Morgan fingerprint density at radius 2 is 1.80 bits per heavy atom. The Bertz CT molecular complexity index is 1540. The Kier molecular flexibility index (Phi) is 7.91. The van der Waals surface area contributed by atoms with Crippen LogP contribution in [0.4, 0.5) is 13.2 Å². The van der Waals surface area contributed by atoms with E-state index in [0.29, 0.717) is 0 Å². The van der Waals surface area contributed by atoms with Gasteiger partial charge >= 0.3 is 12.1 Å². The quantitative estimate of drug-likeness (QED) is 0.226. The standard InChI is InChI=1S/C29H30F3NO11/c1-10-22(35)14(33-27(40)29(30,31)32)7-17(43-10)44-16-9-28(41,11(2)34)8-13-19(16)26(39)21-20(24(13)37)23(36)12-5-4-6-15(42-3)18(12)25(21)38/h4-6,10-11,14,16-17,22,34-35,37,39,41H,7-9H2,1-3H3,(H,33,40)/t10?,11?,14?,16-,17?,22?,28-/m0/s1. The number of hydrogen-bond donors (Lipinski definition) is 6. The van der Waals surface area contributed by atoms with Crippen LogP contribution in [0.25, 0.3) is 0 Å². The second-order valence-electron chi connectivity index (χ2n) is 11.2. The van der Waals surface area contributed by atoms with Crippen molar-refractivity contribution in [2.45, 2.75) is 81.6 Å². The Balaban J connectivity index is 1.59. The predicted molar refractivity (Wildman–Crippen MR) is 141 cm³/mol. The molecule has 238 valence electrons. The zero-order valence-electron chi connectivity index (χ0n) is 23.6. The number of aromatic hydroxyl groups is 2. The van der Waals surface area contributed by atoms with Crippen LogP contribution < -0.4 is 10.1 Å². The Morgan fingerprint density at radius 3 is 2.41 bits per heavy atom. The summed E-state index contributed by atoms with van der Waals surface area (Å²) in [6, 6.07) is 2.76. The molecule has 7 atom stereocenters. The lowest BCUT2D eigenvalue weighted by molar-refractivity contribution is -0.253. The van der Waals surface area contributed by atoms with Crippen molar-refractivity contribution in [2.24, 2.45) is 0 Å². The third kappa shape index (κ3) is 5.07. The number of amides is 1. The highest BCUT2D eigenvalue weighted by Gasteiger charge is 2.50. The van der Waals surface area contributed by atoms with Crippen LogP contribution in [0.2, 0.25) is 0 Å². The van der Waals surface area contributed by atoms with E-state index in [4.69, 9.17) is 14.2 Å². The number of rotatable bonds is 5. The topological polar surface area (TPSA) is 192 Å². The molecule has 0 bridgehead atoms. The van der Waals surface area contributed by atoms with Crippen molar-refractivity contribution in [3.8, 4) is 17.2 Å². The monoisotopic (exact) mass is 625 g/mol. The molecule has 12 nitrogen and oxygen atoms in total. The van der Waals surface area contributed by atoms with Crippen LogP contribution in [0, 0.1) is 0 Å². The minimum Gasteiger partial charge on any atom is -0.507 e. The second kappa shape index (κ2) is 11.0. The van der Waals surface area contributed by atoms with Crippen molar-refractivity contribution in [2.75, 3.05) is 7.11 Å². The average molecular weight is 626 g/mol. The van der Waals surface area contributed by atoms with Crippen LogP contribution in [-0.4, -0.2) is 92.5 Å². The van der Waals surface area contributed by atoms with Crippen molar-refractivity contribution in [3.63, 3.8) is 0 Å². The lowest BCUT2D eigenvalue weighted by atomic mass is 9.71. The maximum absolute atomic E-state index is 13.7. The molecule has 1 saturated heterocycles. The molecule has 5 rings (SSSR count). The molecule has 0 aromatic heterocycles. The van der Waals surface area contributed by atoms with Crippen LogP contribution in [0.5, 0.6) is 17.2 Å². The lowest BCUT2D eigenvalue weighted by Crippen LogP contribution is -2.57. The van der Waals surface area contributed by atoms with Gasteiger partial charge in [-0.25, -0.2) is 0 Å². The summed E-state index contributed by atoms with van der Waals surface area (Å²) in [6.07, 6.45) is -13.8. The number of alkyl halides is 3. The normalized spacial score (nSPS) is 28.9. The molecule has 0 saturated carbocycles. The minimum absolute atomic E-state index is 0.0366. The van der Waals surface area contributed by atoms with Gasteiger partial charge in [-0.3, -0.25) is 14.4 Å². The number of nitrogens with one attached hydrogen (secondary N) is 1. The molecule has 15 heteroatoms. The van der Waals surface area contributed by atoms with Gasteiger partial charge in [0.1, 0.15) is 23.4 Å². The second-order valence-corrected chi connectivity index (χ2v) is 11.2. The molecule has 2 aromatic rings. The molecule has 0 spiro atoms. The highest BCUT2D eigenvalue weighted by molar-refractivity contribution is 6.31. The number of phenolic OH excluding ortho intramolecular Hbond substituents is 2. The van der Waals surface area contributed by atoms with Crippen LogP contribution in [0.15, 0.2) is 18.2 Å². The number of benzene rings is 2. The highest BCUT2D eigenvalue weighted by Crippen LogP contribution is 2.53. The number of ether oxygens (including phenoxy) is 3. The molecule has 2 aliphatic carbocycles. The number of methoxy groups -OCH3 is 1. The van der Waals surface area contributed by atoms with Crippen molar-refractivity contribution in [1.82, 2.24) is 5.32 Å². The average Bonchev–Trinajstić information content (AvgIpc) is 2.94. The maximum atomic E-state index is 13.7. The molecule has 1 fully saturated rings. The van der Waals surface area contributed by atoms with Gasteiger partial charge in [0.15, 0.2) is 12.1 Å². The van der Waals surface area contributed by atoms with Crippen LogP contribution in [0.1, 0.15) is 75.8 Å². The van der Waals surface area contributed by atoms with E-state index in [9.17, 15) is 53.1 Å². The summed E-state index contributed by atoms with van der Waals surface area (Å²) in [7, 11) is 1.28. The van der Waals surface area contributed by atoms with E-state index < -0.39 is 108 Å². The molecule has 1 heterocycles. The fraction of sp³-hybridized carbons (Fsp3) is 0.483. The molecule has 44 heavy (non-hydrogen) atoms. The van der Waals surface area contributed by atoms with Crippen LogP contribution in [0.3, 0.4) is 0 Å². The third-order valence-electron chi connectivity index (χ3n) is 8.48. The van der Waals surface area contributed by atoms with Crippen LogP contribution >= 0.6 is 0 Å². The molecule has 2 aromatic carbocycles. The summed E-state index contributed by atoms with van der Waals surface area (Å²) >= 11 is 0. The van der Waals surface area contributed by atoms with E-state index in [1.165, 1.54) is 39.2 Å². The molecule has 0 radical (unpaired) electrons. The summed E-state index contributed by atoms with van der Waals surface area (Å²) in [5.74, 6) is -5.42. The first kappa shape index (κ1) is 31.7. The number of phenols is 2. The van der Waals surface area contributed by atoms with Crippen molar-refractivity contribution < 1.29 is 67.3 Å². The Hall–Kier alpha value is -3.76. The molecule has 1 amide bonds. The van der Waals surface area contributed by atoms with E-state index >= 15 is 0 Å². The lowest BCUT2D eigenvalue weighted by Gasteiger charge is -2.44. The summed E-state index contributed by atoms with van der Waals surface area (Å²) in [5, 5.41) is 56.8. The van der Waals surface area contributed by atoms with Gasteiger partial charge in [-0.05, 0) is 19.9 Å². The zero-order valence-corrected chi connectivity index (χ0v) is 23.6. The van der Waals surface area contributed by atoms with E-state index in [2.05, 4.69) is 0 Å². The van der Waals surface area contributed by atoms with E-state index in [-0.39, 0.29) is 28.0 Å². The molecule has 6 N–H and O–H groups in total. The van der Waals surface area contributed by atoms with Gasteiger partial charge < -0.3 is 45.1 Å². The summed E-state index contributed by atoms with van der Waals surface area (Å²) < 4.78 is 55.6. The van der Waals surface area contributed by atoms with Crippen molar-refractivity contribution >= 4 is 17.5 Å². The number of carbonyl (C=O) groups excluding carboxylic acids is 3. The van der Waals surface area contributed by atoms with E-state index in [0.717, 1.165) is 0 Å². The third-order valence-corrected chi connectivity index (χ3v) is 8.48. The van der Waals surface area contributed by atoms with Gasteiger partial charge in [-0.2, -0.15) is 13.2 Å². The fourth-order valence-electron chi connectivity index (χ4n) is 6.10. The minimum atomic E-state index is -5.23. The van der Waals surface area contributed by atoms with Gasteiger partial charge in [-0.15, -0.1) is 0 Å². The van der Waals surface area contributed by atoms with E-state index in [1.807, 2.05) is 0 Å². The number of carbonyl (C=O) groups is 3. The van der Waals surface area contributed by atoms with Crippen LogP contribution in [-0.2, 0) is 20.7 Å². The maximum Gasteiger partial charge on any atom is 0.471 e. The number of aliphatic hydroxyl groups excluding tert-OH is 2. The van der Waals surface area contributed by atoms with Crippen molar-refractivity contribution in [3.05, 3.63) is 51.6 Å². The zero-order chi connectivity index (χ0) is 32.5.